The van der Waals surface area contributed by atoms with Crippen LogP contribution in [0.5, 0.6) is 0 Å². The third-order valence-electron chi connectivity index (χ3n) is 3.42. The highest BCUT2D eigenvalue weighted by Crippen LogP contribution is 2.19. The molecule has 0 bridgehead atoms. The van der Waals surface area contributed by atoms with Gasteiger partial charge in [-0.1, -0.05) is 41.9 Å². The number of ketones is 2. The molecule has 0 amide bonds. The summed E-state index contributed by atoms with van der Waals surface area (Å²) in [7, 11) is 1.19. The van der Waals surface area contributed by atoms with Crippen molar-refractivity contribution in [3.8, 4) is 0 Å². The van der Waals surface area contributed by atoms with E-state index >= 15 is 0 Å². The van der Waals surface area contributed by atoms with Crippen LogP contribution in [0, 0.1) is 5.92 Å². The van der Waals surface area contributed by atoms with Gasteiger partial charge in [-0.05, 0) is 24.3 Å². The minimum Gasteiger partial charge on any atom is -0.468 e. The second kappa shape index (κ2) is 7.70. The summed E-state index contributed by atoms with van der Waals surface area (Å²) in [6.07, 6.45) is -0.238. The first-order valence-corrected chi connectivity index (χ1v) is 7.36. The van der Waals surface area contributed by atoms with Crippen LogP contribution in [-0.2, 0) is 9.53 Å². The molecule has 0 aliphatic rings. The standard InChI is InChI=1S/C18H15ClO4/c1-23-18(22)15(11-16(20)12-5-3-2-4-6-12)17(21)13-7-9-14(19)10-8-13/h2-10,15H,11H2,1H3. The summed E-state index contributed by atoms with van der Waals surface area (Å²) >= 11 is 5.79. The lowest BCUT2D eigenvalue weighted by Gasteiger charge is -2.13. The molecule has 0 N–H and O–H groups in total. The van der Waals surface area contributed by atoms with Crippen molar-refractivity contribution in [3.05, 3.63) is 70.7 Å². The average Bonchev–Trinajstić information content (AvgIpc) is 2.59. The van der Waals surface area contributed by atoms with Gasteiger partial charge in [0.15, 0.2) is 11.6 Å². The van der Waals surface area contributed by atoms with Crippen LogP contribution in [-0.4, -0.2) is 24.6 Å². The van der Waals surface area contributed by atoms with Crippen LogP contribution in [0.4, 0.5) is 0 Å². The van der Waals surface area contributed by atoms with Gasteiger partial charge < -0.3 is 4.74 Å². The van der Waals surface area contributed by atoms with E-state index in [4.69, 9.17) is 11.6 Å². The summed E-state index contributed by atoms with van der Waals surface area (Å²) in [5.41, 5.74) is 0.760. The van der Waals surface area contributed by atoms with Crippen LogP contribution >= 0.6 is 11.6 Å². The Hall–Kier alpha value is -2.46. The molecule has 0 fully saturated rings. The van der Waals surface area contributed by atoms with E-state index in [1.54, 1.807) is 42.5 Å². The molecule has 0 aliphatic carbocycles. The van der Waals surface area contributed by atoms with Crippen LogP contribution in [0.3, 0.4) is 0 Å². The molecule has 2 aromatic rings. The zero-order chi connectivity index (χ0) is 16.8. The summed E-state index contributed by atoms with van der Waals surface area (Å²) in [5.74, 6) is -2.65. The van der Waals surface area contributed by atoms with Gasteiger partial charge in [0.25, 0.3) is 0 Å². The molecule has 23 heavy (non-hydrogen) atoms. The molecule has 1 atom stereocenters. The van der Waals surface area contributed by atoms with Crippen molar-refractivity contribution >= 4 is 29.1 Å². The first-order chi connectivity index (χ1) is 11.0. The van der Waals surface area contributed by atoms with Crippen molar-refractivity contribution in [1.82, 2.24) is 0 Å². The van der Waals surface area contributed by atoms with Crippen molar-refractivity contribution in [2.75, 3.05) is 7.11 Å². The van der Waals surface area contributed by atoms with E-state index in [0.717, 1.165) is 0 Å². The van der Waals surface area contributed by atoms with Crippen LogP contribution in [0.15, 0.2) is 54.6 Å². The quantitative estimate of drug-likeness (QED) is 0.461. The largest absolute Gasteiger partial charge is 0.468 e. The topological polar surface area (TPSA) is 60.4 Å². The molecule has 5 heteroatoms. The lowest BCUT2D eigenvalue weighted by molar-refractivity contribution is -0.143. The number of hydrogen-bond donors (Lipinski definition) is 0. The Morgan fingerprint density at radius 3 is 2.13 bits per heavy atom. The number of benzene rings is 2. The van der Waals surface area contributed by atoms with Gasteiger partial charge in [-0.25, -0.2) is 0 Å². The highest BCUT2D eigenvalue weighted by molar-refractivity contribution is 6.30. The number of esters is 1. The number of carbonyl (C=O) groups is 3. The fraction of sp³-hybridized carbons (Fsp3) is 0.167. The predicted octanol–water partition coefficient (Wildman–Crippen LogP) is 3.58. The fourth-order valence-electron chi connectivity index (χ4n) is 2.17. The number of ether oxygens (including phenoxy) is 1. The number of Topliss-reactive ketones (excluding diaryl/α,β-unsaturated/α-hetero) is 2. The monoisotopic (exact) mass is 330 g/mol. The molecule has 0 aliphatic heterocycles. The van der Waals surface area contributed by atoms with Crippen molar-refractivity contribution in [2.45, 2.75) is 6.42 Å². The molecule has 118 valence electrons. The second-order valence-electron chi connectivity index (χ2n) is 4.94. The molecule has 2 aromatic carbocycles. The lowest BCUT2D eigenvalue weighted by atomic mass is 9.91. The minimum absolute atomic E-state index is 0.238. The van der Waals surface area contributed by atoms with Crippen LogP contribution in [0.2, 0.25) is 5.02 Å². The SMILES string of the molecule is COC(=O)C(CC(=O)c1ccccc1)C(=O)c1ccc(Cl)cc1. The normalized spacial score (nSPS) is 11.6. The van der Waals surface area contributed by atoms with Crippen molar-refractivity contribution in [2.24, 2.45) is 5.92 Å². The molecule has 0 saturated carbocycles. The van der Waals surface area contributed by atoms with Gasteiger partial charge in [-0.2, -0.15) is 0 Å². The van der Waals surface area contributed by atoms with E-state index < -0.39 is 17.7 Å². The molecule has 4 nitrogen and oxygen atoms in total. The van der Waals surface area contributed by atoms with E-state index in [-0.39, 0.29) is 12.2 Å². The maximum Gasteiger partial charge on any atom is 0.317 e. The fourth-order valence-corrected chi connectivity index (χ4v) is 2.29. The molecule has 0 spiro atoms. The summed E-state index contributed by atoms with van der Waals surface area (Å²) in [5, 5.41) is 0.483. The Kier molecular flexibility index (Phi) is 5.66. The third kappa shape index (κ3) is 4.27. The molecule has 1 unspecified atom stereocenters. The van der Waals surface area contributed by atoms with Crippen LogP contribution in [0.1, 0.15) is 27.1 Å². The highest BCUT2D eigenvalue weighted by atomic mass is 35.5. The molecule has 0 radical (unpaired) electrons. The van der Waals surface area contributed by atoms with Crippen LogP contribution in [0.25, 0.3) is 0 Å². The van der Waals surface area contributed by atoms with Crippen molar-refractivity contribution in [1.29, 1.82) is 0 Å². The molecule has 0 heterocycles. The van der Waals surface area contributed by atoms with E-state index in [2.05, 4.69) is 4.74 Å². The first kappa shape index (κ1) is 16.9. The van der Waals surface area contributed by atoms with E-state index in [0.29, 0.717) is 16.1 Å². The zero-order valence-corrected chi connectivity index (χ0v) is 13.2. The third-order valence-corrected chi connectivity index (χ3v) is 3.67. The van der Waals surface area contributed by atoms with E-state index in [1.807, 2.05) is 0 Å². The molecular weight excluding hydrogens is 316 g/mol. The Morgan fingerprint density at radius 2 is 1.57 bits per heavy atom. The Labute approximate surface area is 139 Å². The molecular formula is C18H15ClO4. The number of carbonyl (C=O) groups excluding carboxylic acids is 3. The highest BCUT2D eigenvalue weighted by Gasteiger charge is 2.31. The van der Waals surface area contributed by atoms with E-state index in [9.17, 15) is 14.4 Å². The predicted molar refractivity (Wildman–Crippen MR) is 86.7 cm³/mol. The smallest absolute Gasteiger partial charge is 0.317 e. The summed E-state index contributed by atoms with van der Waals surface area (Å²) < 4.78 is 4.68. The maximum absolute atomic E-state index is 12.5. The Balaban J connectivity index is 2.23. The number of hydrogen-bond acceptors (Lipinski definition) is 4. The second-order valence-corrected chi connectivity index (χ2v) is 5.38. The summed E-state index contributed by atoms with van der Waals surface area (Å²) in [4.78, 5) is 36.8. The zero-order valence-electron chi connectivity index (χ0n) is 12.5. The number of halogens is 1. The minimum atomic E-state index is -1.17. The summed E-state index contributed by atoms with van der Waals surface area (Å²) in [6, 6.07) is 14.7. The molecule has 0 aromatic heterocycles. The van der Waals surface area contributed by atoms with Gasteiger partial charge in [0.2, 0.25) is 0 Å². The van der Waals surface area contributed by atoms with Gasteiger partial charge in [0.05, 0.1) is 7.11 Å². The lowest BCUT2D eigenvalue weighted by Crippen LogP contribution is -2.28. The molecule has 2 rings (SSSR count). The first-order valence-electron chi connectivity index (χ1n) is 6.98. The van der Waals surface area contributed by atoms with Crippen LogP contribution < -0.4 is 0 Å². The maximum atomic E-state index is 12.5. The van der Waals surface area contributed by atoms with Gasteiger partial charge in [0.1, 0.15) is 5.92 Å². The van der Waals surface area contributed by atoms with Gasteiger partial charge in [0, 0.05) is 22.6 Å². The van der Waals surface area contributed by atoms with Gasteiger partial charge >= 0.3 is 5.97 Å². The number of rotatable bonds is 6. The van der Waals surface area contributed by atoms with Crippen molar-refractivity contribution in [3.63, 3.8) is 0 Å². The number of methoxy groups -OCH3 is 1. The Bertz CT molecular complexity index is 708. The van der Waals surface area contributed by atoms with E-state index in [1.165, 1.54) is 19.2 Å². The van der Waals surface area contributed by atoms with Crippen molar-refractivity contribution < 1.29 is 19.1 Å². The van der Waals surface area contributed by atoms with Gasteiger partial charge in [-0.3, -0.25) is 14.4 Å². The summed E-state index contributed by atoms with van der Waals surface area (Å²) in [6.45, 7) is 0. The van der Waals surface area contributed by atoms with Gasteiger partial charge in [-0.15, -0.1) is 0 Å². The average molecular weight is 331 g/mol. The molecule has 0 saturated heterocycles. The Morgan fingerprint density at radius 1 is 0.957 bits per heavy atom.